The molecule has 6 nitrogen and oxygen atoms in total. The van der Waals surface area contributed by atoms with Gasteiger partial charge in [0.1, 0.15) is 29.5 Å². The van der Waals surface area contributed by atoms with E-state index < -0.39 is 18.1 Å². The monoisotopic (exact) mass is 477 g/mol. The summed E-state index contributed by atoms with van der Waals surface area (Å²) in [6, 6.07) is 19.1. The molecule has 1 aliphatic heterocycles. The number of rotatable bonds is 9. The Morgan fingerprint density at radius 2 is 1.86 bits per heavy atom. The minimum atomic E-state index is -1.07. The Morgan fingerprint density at radius 3 is 2.57 bits per heavy atom. The van der Waals surface area contributed by atoms with Gasteiger partial charge < -0.3 is 19.5 Å². The van der Waals surface area contributed by atoms with Gasteiger partial charge in [0.05, 0.1) is 7.11 Å². The Morgan fingerprint density at radius 1 is 1.09 bits per heavy atom. The molecule has 0 saturated heterocycles. The number of benzene rings is 3. The van der Waals surface area contributed by atoms with Crippen LogP contribution in [-0.2, 0) is 24.1 Å². The number of amides is 1. The molecule has 0 bridgehead atoms. The molecule has 0 spiro atoms. The maximum atomic E-state index is 13.3. The third-order valence-corrected chi connectivity index (χ3v) is 6.14. The molecule has 1 amide bonds. The van der Waals surface area contributed by atoms with E-state index >= 15 is 0 Å². The van der Waals surface area contributed by atoms with Gasteiger partial charge in [-0.2, -0.15) is 0 Å². The van der Waals surface area contributed by atoms with Crippen LogP contribution in [-0.4, -0.2) is 47.7 Å². The van der Waals surface area contributed by atoms with Crippen molar-refractivity contribution in [3.8, 4) is 11.5 Å². The number of halogens is 1. The summed E-state index contributed by atoms with van der Waals surface area (Å²) in [5.41, 5.74) is 2.71. The van der Waals surface area contributed by atoms with Gasteiger partial charge in [0, 0.05) is 24.9 Å². The summed E-state index contributed by atoms with van der Waals surface area (Å²) < 4.78 is 24.7. The van der Waals surface area contributed by atoms with Crippen molar-refractivity contribution in [2.24, 2.45) is 0 Å². The van der Waals surface area contributed by atoms with Gasteiger partial charge in [0.2, 0.25) is 0 Å². The van der Waals surface area contributed by atoms with Gasteiger partial charge in [0.25, 0.3) is 5.91 Å². The molecular formula is C28H28FNO5. The average molecular weight is 478 g/mol. The molecule has 7 heteroatoms. The van der Waals surface area contributed by atoms with Crippen LogP contribution in [0.4, 0.5) is 4.39 Å². The summed E-state index contributed by atoms with van der Waals surface area (Å²) in [6.45, 7) is 1.86. The second-order valence-corrected chi connectivity index (χ2v) is 9.08. The van der Waals surface area contributed by atoms with E-state index in [4.69, 9.17) is 9.47 Å². The fraction of sp³-hybridized carbons (Fsp3) is 0.286. The number of methoxy groups -OCH3 is 1. The van der Waals surface area contributed by atoms with Crippen LogP contribution in [0.15, 0.2) is 66.7 Å². The van der Waals surface area contributed by atoms with Crippen molar-refractivity contribution in [1.29, 1.82) is 0 Å². The highest BCUT2D eigenvalue weighted by Gasteiger charge is 2.35. The van der Waals surface area contributed by atoms with Crippen LogP contribution in [0.5, 0.6) is 11.5 Å². The van der Waals surface area contributed by atoms with E-state index in [2.05, 4.69) is 0 Å². The van der Waals surface area contributed by atoms with Crippen LogP contribution in [0.1, 0.15) is 34.0 Å². The number of aliphatic carboxylic acids is 1. The highest BCUT2D eigenvalue weighted by molar-refractivity contribution is 5.96. The summed E-state index contributed by atoms with van der Waals surface area (Å²) >= 11 is 0. The van der Waals surface area contributed by atoms with Crippen LogP contribution in [0.2, 0.25) is 0 Å². The van der Waals surface area contributed by atoms with Crippen molar-refractivity contribution in [2.45, 2.75) is 31.8 Å². The first kappa shape index (κ1) is 24.3. The molecule has 4 rings (SSSR count). The smallest absolute Gasteiger partial charge is 0.323 e. The fourth-order valence-corrected chi connectivity index (χ4v) is 4.48. The lowest BCUT2D eigenvalue weighted by atomic mass is 9.91. The predicted molar refractivity (Wildman–Crippen MR) is 130 cm³/mol. The number of carboxylic acids is 1. The van der Waals surface area contributed by atoms with E-state index in [9.17, 15) is 19.1 Å². The lowest BCUT2D eigenvalue weighted by Gasteiger charge is -2.24. The Bertz CT molecular complexity index is 1230. The van der Waals surface area contributed by atoms with Gasteiger partial charge in [-0.25, -0.2) is 4.39 Å². The van der Waals surface area contributed by atoms with E-state index in [0.717, 1.165) is 16.7 Å². The standard InChI is InChI=1S/C28H28FNO5/c1-28(16-20-6-9-23(29)10-7-20)17-22-15-21(8-11-25(22)35-28)27(33)30(18-26(31)32)13-12-19-4-3-5-24(14-19)34-2/h3-11,14-15H,12-13,16-18H2,1-2H3,(H,31,32)/t28-/m1/s1. The summed E-state index contributed by atoms with van der Waals surface area (Å²) in [6.07, 6.45) is 1.68. The van der Waals surface area contributed by atoms with Crippen LogP contribution in [0.25, 0.3) is 0 Å². The zero-order valence-electron chi connectivity index (χ0n) is 19.8. The topological polar surface area (TPSA) is 76.1 Å². The van der Waals surface area contributed by atoms with Crippen molar-refractivity contribution in [1.82, 2.24) is 4.90 Å². The molecule has 0 saturated carbocycles. The van der Waals surface area contributed by atoms with Crippen LogP contribution >= 0.6 is 0 Å². The van der Waals surface area contributed by atoms with Crippen molar-refractivity contribution < 1.29 is 28.6 Å². The predicted octanol–water partition coefficient (Wildman–Crippen LogP) is 4.54. The van der Waals surface area contributed by atoms with Gasteiger partial charge in [-0.15, -0.1) is 0 Å². The number of hydrogen-bond acceptors (Lipinski definition) is 4. The van der Waals surface area contributed by atoms with Gasteiger partial charge in [-0.1, -0.05) is 24.3 Å². The van der Waals surface area contributed by atoms with Crippen molar-refractivity contribution >= 4 is 11.9 Å². The molecular weight excluding hydrogens is 449 g/mol. The molecule has 182 valence electrons. The minimum Gasteiger partial charge on any atom is -0.497 e. The van der Waals surface area contributed by atoms with E-state index in [1.54, 1.807) is 37.4 Å². The van der Waals surface area contributed by atoms with Gasteiger partial charge in [-0.3, -0.25) is 9.59 Å². The minimum absolute atomic E-state index is 0.258. The molecule has 0 aromatic heterocycles. The van der Waals surface area contributed by atoms with E-state index in [-0.39, 0.29) is 18.3 Å². The summed E-state index contributed by atoms with van der Waals surface area (Å²) in [5, 5.41) is 9.38. The molecule has 1 heterocycles. The molecule has 1 N–H and O–H groups in total. The third kappa shape index (κ3) is 5.98. The first-order valence-electron chi connectivity index (χ1n) is 11.4. The Labute approximate surface area is 203 Å². The summed E-state index contributed by atoms with van der Waals surface area (Å²) in [4.78, 5) is 26.1. The van der Waals surface area contributed by atoms with Crippen LogP contribution in [0.3, 0.4) is 0 Å². The number of hydrogen-bond donors (Lipinski definition) is 1. The zero-order valence-corrected chi connectivity index (χ0v) is 19.8. The Hall–Kier alpha value is -3.87. The molecule has 35 heavy (non-hydrogen) atoms. The number of nitrogens with zero attached hydrogens (tertiary/aromatic N) is 1. The SMILES string of the molecule is COc1cccc(CCN(CC(=O)O)C(=O)c2ccc3c(c2)C[C@@](C)(Cc2ccc(F)cc2)O3)c1. The van der Waals surface area contributed by atoms with E-state index in [1.807, 2.05) is 31.2 Å². The largest absolute Gasteiger partial charge is 0.497 e. The molecule has 0 aliphatic carbocycles. The van der Waals surface area contributed by atoms with E-state index in [0.29, 0.717) is 36.3 Å². The van der Waals surface area contributed by atoms with Crippen molar-refractivity contribution in [3.05, 3.63) is 94.8 Å². The van der Waals surface area contributed by atoms with Crippen molar-refractivity contribution in [3.63, 3.8) is 0 Å². The number of ether oxygens (including phenoxy) is 2. The highest BCUT2D eigenvalue weighted by atomic mass is 19.1. The second kappa shape index (κ2) is 10.2. The Balaban J connectivity index is 1.47. The highest BCUT2D eigenvalue weighted by Crippen LogP contribution is 2.37. The maximum Gasteiger partial charge on any atom is 0.323 e. The number of fused-ring (bicyclic) bond motifs is 1. The van der Waals surface area contributed by atoms with Crippen LogP contribution < -0.4 is 9.47 Å². The van der Waals surface area contributed by atoms with Gasteiger partial charge >= 0.3 is 5.97 Å². The summed E-state index contributed by atoms with van der Waals surface area (Å²) in [7, 11) is 1.58. The number of carboxylic acid groups (broad SMARTS) is 1. The van der Waals surface area contributed by atoms with Crippen molar-refractivity contribution in [2.75, 3.05) is 20.2 Å². The first-order chi connectivity index (χ1) is 16.7. The fourth-order valence-electron chi connectivity index (χ4n) is 4.48. The lowest BCUT2D eigenvalue weighted by molar-refractivity contribution is -0.137. The molecule has 3 aromatic rings. The lowest BCUT2D eigenvalue weighted by Crippen LogP contribution is -2.37. The molecule has 0 radical (unpaired) electrons. The van der Waals surface area contributed by atoms with Gasteiger partial charge in [0.15, 0.2) is 0 Å². The quantitative estimate of drug-likeness (QED) is 0.490. The molecule has 0 unspecified atom stereocenters. The number of carbonyl (C=O) groups excluding carboxylic acids is 1. The molecule has 0 fully saturated rings. The van der Waals surface area contributed by atoms with Crippen LogP contribution in [0, 0.1) is 5.82 Å². The number of carbonyl (C=O) groups is 2. The van der Waals surface area contributed by atoms with Gasteiger partial charge in [-0.05, 0) is 72.5 Å². The maximum absolute atomic E-state index is 13.3. The van der Waals surface area contributed by atoms with E-state index in [1.165, 1.54) is 17.0 Å². The Kier molecular flexibility index (Phi) is 7.05. The molecule has 1 aliphatic rings. The molecule has 3 aromatic carbocycles. The zero-order chi connectivity index (χ0) is 25.0. The second-order valence-electron chi connectivity index (χ2n) is 9.08. The third-order valence-electron chi connectivity index (χ3n) is 6.14. The normalized spacial score (nSPS) is 16.3. The first-order valence-corrected chi connectivity index (χ1v) is 11.4. The summed E-state index contributed by atoms with van der Waals surface area (Å²) in [5.74, 6) is -0.283. The average Bonchev–Trinajstić information content (AvgIpc) is 3.17. The molecule has 1 atom stereocenters.